The van der Waals surface area contributed by atoms with Crippen molar-refractivity contribution in [2.45, 2.75) is 26.3 Å². The van der Waals surface area contributed by atoms with Gasteiger partial charge in [0.15, 0.2) is 0 Å². The Kier molecular flexibility index (Phi) is 2.69. The van der Waals surface area contributed by atoms with E-state index in [1.54, 1.807) is 31.2 Å². The van der Waals surface area contributed by atoms with E-state index in [2.05, 4.69) is 4.98 Å². The average Bonchev–Trinajstić information content (AvgIpc) is 2.28. The van der Waals surface area contributed by atoms with E-state index >= 15 is 0 Å². The molecule has 1 aromatic carbocycles. The van der Waals surface area contributed by atoms with Gasteiger partial charge in [0.1, 0.15) is 11.4 Å². The predicted molar refractivity (Wildman–Crippen MR) is 67.7 cm³/mol. The number of nitrogens with zero attached hydrogens (tertiary/aromatic N) is 2. The molecular weight excluding hydrogens is 232 g/mol. The fourth-order valence-electron chi connectivity index (χ4n) is 2.00. The second-order valence-corrected chi connectivity index (χ2v) is 4.68. The molecular formula is C13H14N2O3. The van der Waals surface area contributed by atoms with E-state index in [0.717, 1.165) is 0 Å². The van der Waals surface area contributed by atoms with E-state index in [1.807, 2.05) is 0 Å². The van der Waals surface area contributed by atoms with Crippen molar-refractivity contribution in [3.05, 3.63) is 40.4 Å². The maximum absolute atomic E-state index is 12.4. The molecule has 0 aliphatic carbocycles. The third kappa shape index (κ3) is 1.68. The van der Waals surface area contributed by atoms with Gasteiger partial charge in [-0.05, 0) is 32.9 Å². The van der Waals surface area contributed by atoms with Crippen molar-refractivity contribution in [1.29, 1.82) is 0 Å². The van der Waals surface area contributed by atoms with Crippen LogP contribution in [0, 0.1) is 6.92 Å². The summed E-state index contributed by atoms with van der Waals surface area (Å²) in [6.45, 7) is 4.61. The monoisotopic (exact) mass is 246 g/mol. The van der Waals surface area contributed by atoms with Crippen molar-refractivity contribution < 1.29 is 9.90 Å². The van der Waals surface area contributed by atoms with Crippen LogP contribution in [0.3, 0.4) is 0 Å². The molecule has 18 heavy (non-hydrogen) atoms. The van der Waals surface area contributed by atoms with Gasteiger partial charge in [-0.3, -0.25) is 9.36 Å². The minimum Gasteiger partial charge on any atom is -0.480 e. The van der Waals surface area contributed by atoms with Gasteiger partial charge >= 0.3 is 5.97 Å². The van der Waals surface area contributed by atoms with Crippen molar-refractivity contribution in [3.8, 4) is 0 Å². The van der Waals surface area contributed by atoms with E-state index in [0.29, 0.717) is 16.7 Å². The number of carbonyl (C=O) groups is 1. The zero-order valence-corrected chi connectivity index (χ0v) is 10.5. The van der Waals surface area contributed by atoms with Crippen molar-refractivity contribution in [1.82, 2.24) is 9.55 Å². The Balaban J connectivity index is 2.89. The molecule has 2 aromatic rings. The summed E-state index contributed by atoms with van der Waals surface area (Å²) in [5.74, 6) is -0.670. The maximum Gasteiger partial charge on any atom is 0.329 e. The molecule has 0 bridgehead atoms. The minimum absolute atomic E-state index is 0.328. The fraction of sp³-hybridized carbons (Fsp3) is 0.308. The Morgan fingerprint density at radius 3 is 2.56 bits per heavy atom. The largest absolute Gasteiger partial charge is 0.480 e. The molecule has 94 valence electrons. The van der Waals surface area contributed by atoms with E-state index in [-0.39, 0.29) is 5.56 Å². The van der Waals surface area contributed by atoms with Crippen molar-refractivity contribution in [2.75, 3.05) is 0 Å². The lowest BCUT2D eigenvalue weighted by Gasteiger charge is -2.24. The van der Waals surface area contributed by atoms with Crippen LogP contribution in [-0.4, -0.2) is 20.6 Å². The van der Waals surface area contributed by atoms with Crippen molar-refractivity contribution in [2.24, 2.45) is 0 Å². The van der Waals surface area contributed by atoms with Crippen LogP contribution in [0.1, 0.15) is 19.7 Å². The van der Waals surface area contributed by atoms with Crippen LogP contribution in [-0.2, 0) is 10.3 Å². The Morgan fingerprint density at radius 1 is 1.33 bits per heavy atom. The highest BCUT2D eigenvalue weighted by molar-refractivity contribution is 5.79. The molecule has 0 atom stereocenters. The topological polar surface area (TPSA) is 72.2 Å². The fourth-order valence-corrected chi connectivity index (χ4v) is 2.00. The SMILES string of the molecule is Cc1nc2ccccc2c(=O)n1C(C)(C)C(=O)O. The standard InChI is InChI=1S/C13H14N2O3/c1-8-14-10-7-5-4-6-9(10)11(16)15(8)13(2,3)12(17)18/h4-7H,1-3H3,(H,17,18). The number of benzene rings is 1. The Hall–Kier alpha value is -2.17. The number of hydrogen-bond acceptors (Lipinski definition) is 3. The number of aromatic nitrogens is 2. The van der Waals surface area contributed by atoms with Gasteiger partial charge < -0.3 is 5.11 Å². The molecule has 5 nitrogen and oxygen atoms in total. The normalized spacial score (nSPS) is 11.7. The predicted octanol–water partition coefficient (Wildman–Crippen LogP) is 1.52. The molecule has 1 N–H and O–H groups in total. The molecule has 1 aromatic heterocycles. The summed E-state index contributed by atoms with van der Waals surface area (Å²) in [6.07, 6.45) is 0. The second-order valence-electron chi connectivity index (χ2n) is 4.68. The third-order valence-electron chi connectivity index (χ3n) is 3.03. The van der Waals surface area contributed by atoms with Gasteiger partial charge in [-0.2, -0.15) is 0 Å². The Labute approximate surface area is 104 Å². The molecule has 0 saturated heterocycles. The Morgan fingerprint density at radius 2 is 1.94 bits per heavy atom. The highest BCUT2D eigenvalue weighted by Gasteiger charge is 2.32. The summed E-state index contributed by atoms with van der Waals surface area (Å²) in [7, 11) is 0. The number of rotatable bonds is 2. The first-order valence-corrected chi connectivity index (χ1v) is 5.58. The number of aryl methyl sites for hydroxylation is 1. The first kappa shape index (κ1) is 12.3. The van der Waals surface area contributed by atoms with Crippen LogP contribution in [0.2, 0.25) is 0 Å². The lowest BCUT2D eigenvalue weighted by Crippen LogP contribution is -2.44. The highest BCUT2D eigenvalue weighted by Crippen LogP contribution is 2.17. The van der Waals surface area contributed by atoms with Crippen LogP contribution in [0.5, 0.6) is 0 Å². The van der Waals surface area contributed by atoms with E-state index in [4.69, 9.17) is 0 Å². The van der Waals surface area contributed by atoms with Crippen molar-refractivity contribution >= 4 is 16.9 Å². The second kappa shape index (κ2) is 3.94. The van der Waals surface area contributed by atoms with Crippen molar-refractivity contribution in [3.63, 3.8) is 0 Å². The summed E-state index contributed by atoms with van der Waals surface area (Å²) in [4.78, 5) is 27.9. The van der Waals surface area contributed by atoms with Gasteiger partial charge in [0.05, 0.1) is 10.9 Å². The van der Waals surface area contributed by atoms with Crippen LogP contribution < -0.4 is 5.56 Å². The maximum atomic E-state index is 12.4. The number of carboxylic acid groups (broad SMARTS) is 1. The average molecular weight is 246 g/mol. The third-order valence-corrected chi connectivity index (χ3v) is 3.03. The van der Waals surface area contributed by atoms with Gasteiger partial charge in [-0.15, -0.1) is 0 Å². The van der Waals surface area contributed by atoms with Gasteiger partial charge in [-0.1, -0.05) is 12.1 Å². The molecule has 0 spiro atoms. The minimum atomic E-state index is -1.32. The van der Waals surface area contributed by atoms with Gasteiger partial charge in [-0.25, -0.2) is 9.78 Å². The van der Waals surface area contributed by atoms with Crippen LogP contribution in [0.15, 0.2) is 29.1 Å². The molecule has 0 aliphatic rings. The number of aliphatic carboxylic acids is 1. The first-order valence-electron chi connectivity index (χ1n) is 5.58. The quantitative estimate of drug-likeness (QED) is 0.872. The van der Waals surface area contributed by atoms with E-state index < -0.39 is 11.5 Å². The molecule has 0 amide bonds. The highest BCUT2D eigenvalue weighted by atomic mass is 16.4. The number of carboxylic acids is 1. The van der Waals surface area contributed by atoms with E-state index in [1.165, 1.54) is 18.4 Å². The summed E-state index contributed by atoms with van der Waals surface area (Å²) in [5, 5.41) is 9.66. The zero-order chi connectivity index (χ0) is 13.5. The number of para-hydroxylation sites is 1. The molecule has 1 heterocycles. The molecule has 0 radical (unpaired) electrons. The van der Waals surface area contributed by atoms with Gasteiger partial charge in [0.25, 0.3) is 5.56 Å². The van der Waals surface area contributed by atoms with Crippen LogP contribution >= 0.6 is 0 Å². The summed E-state index contributed by atoms with van der Waals surface area (Å²) < 4.78 is 1.22. The van der Waals surface area contributed by atoms with Crippen LogP contribution in [0.25, 0.3) is 10.9 Å². The first-order chi connectivity index (χ1) is 8.35. The summed E-state index contributed by atoms with van der Waals surface area (Å²) in [6, 6.07) is 6.92. The van der Waals surface area contributed by atoms with Gasteiger partial charge in [0, 0.05) is 0 Å². The zero-order valence-electron chi connectivity index (χ0n) is 10.5. The summed E-state index contributed by atoms with van der Waals surface area (Å²) in [5.41, 5.74) is -1.07. The molecule has 2 rings (SSSR count). The molecule has 0 unspecified atom stereocenters. The lowest BCUT2D eigenvalue weighted by molar-refractivity contribution is -0.145. The van der Waals surface area contributed by atoms with E-state index in [9.17, 15) is 14.7 Å². The molecule has 0 fully saturated rings. The molecule has 5 heteroatoms. The number of fused-ring (bicyclic) bond motifs is 1. The molecule has 0 saturated carbocycles. The summed E-state index contributed by atoms with van der Waals surface area (Å²) >= 11 is 0. The molecule has 0 aliphatic heterocycles. The van der Waals surface area contributed by atoms with Gasteiger partial charge in [0.2, 0.25) is 0 Å². The van der Waals surface area contributed by atoms with Crippen LogP contribution in [0.4, 0.5) is 0 Å². The smallest absolute Gasteiger partial charge is 0.329 e. The lowest BCUT2D eigenvalue weighted by atomic mass is 10.0. The Bertz CT molecular complexity index is 686. The number of hydrogen-bond donors (Lipinski definition) is 1.